The second-order valence-corrected chi connectivity index (χ2v) is 6.96. The Bertz CT molecular complexity index is 589. The van der Waals surface area contributed by atoms with Crippen LogP contribution < -0.4 is 5.30 Å². The maximum absolute atomic E-state index is 10.4. The van der Waals surface area contributed by atoms with Crippen molar-refractivity contribution in [2.45, 2.75) is 37.8 Å². The van der Waals surface area contributed by atoms with Gasteiger partial charge in [-0.2, -0.15) is 0 Å². The summed E-state index contributed by atoms with van der Waals surface area (Å²) in [6.45, 7) is 0. The van der Waals surface area contributed by atoms with E-state index in [-0.39, 0.29) is 5.75 Å². The molecule has 100 valence electrons. The van der Waals surface area contributed by atoms with E-state index in [2.05, 4.69) is 0 Å². The molecule has 0 radical (unpaired) electrons. The van der Waals surface area contributed by atoms with Crippen LogP contribution in [0, 0.1) is 0 Å². The van der Waals surface area contributed by atoms with E-state index in [1.165, 1.54) is 32.1 Å². The Hall–Kier alpha value is -1.27. The summed E-state index contributed by atoms with van der Waals surface area (Å²) in [5, 5.41) is 22.9. The Labute approximate surface area is 115 Å². The lowest BCUT2D eigenvalue weighted by Gasteiger charge is -2.22. The standard InChI is InChI=1S/C16H19O2P/c17-14-10-15(19-11-6-2-1-3-7-11)16(18)13-9-5-4-8-12(13)14/h4-5,8-11,17-19H,1-3,6-7H2. The van der Waals surface area contributed by atoms with Crippen LogP contribution in [0.1, 0.15) is 32.1 Å². The third-order valence-electron chi connectivity index (χ3n) is 3.96. The van der Waals surface area contributed by atoms with Crippen LogP contribution in [-0.4, -0.2) is 15.9 Å². The maximum atomic E-state index is 10.4. The summed E-state index contributed by atoms with van der Waals surface area (Å²) in [6.07, 6.45) is 6.46. The summed E-state index contributed by atoms with van der Waals surface area (Å²) in [5.74, 6) is 0.643. The van der Waals surface area contributed by atoms with Gasteiger partial charge in [0, 0.05) is 16.1 Å². The van der Waals surface area contributed by atoms with Gasteiger partial charge in [-0.25, -0.2) is 0 Å². The molecule has 1 atom stereocenters. The molecule has 0 spiro atoms. The molecule has 2 N–H and O–H groups in total. The zero-order valence-corrected chi connectivity index (χ0v) is 11.9. The lowest BCUT2D eigenvalue weighted by Crippen LogP contribution is -2.11. The molecule has 3 rings (SSSR count). The molecular formula is C16H19O2P. The Kier molecular flexibility index (Phi) is 3.61. The molecule has 2 aromatic carbocycles. The lowest BCUT2D eigenvalue weighted by atomic mass is 10.0. The molecule has 3 heteroatoms. The number of aromatic hydroxyl groups is 2. The fourth-order valence-electron chi connectivity index (χ4n) is 2.92. The minimum absolute atomic E-state index is 0.284. The van der Waals surface area contributed by atoms with Gasteiger partial charge in [0.15, 0.2) is 0 Å². The van der Waals surface area contributed by atoms with E-state index in [4.69, 9.17) is 0 Å². The first-order valence-corrected chi connectivity index (χ1v) is 8.03. The third kappa shape index (κ3) is 2.55. The van der Waals surface area contributed by atoms with Crippen molar-refractivity contribution in [3.05, 3.63) is 30.3 Å². The Morgan fingerprint density at radius 1 is 0.947 bits per heavy atom. The van der Waals surface area contributed by atoms with Crippen LogP contribution in [0.25, 0.3) is 10.8 Å². The van der Waals surface area contributed by atoms with Crippen LogP contribution >= 0.6 is 8.58 Å². The molecule has 0 amide bonds. The molecule has 1 aliphatic rings. The van der Waals surface area contributed by atoms with E-state index in [9.17, 15) is 10.2 Å². The second-order valence-electron chi connectivity index (χ2n) is 5.32. The number of fused-ring (bicyclic) bond motifs is 1. The molecule has 1 aliphatic carbocycles. The second kappa shape index (κ2) is 5.38. The monoisotopic (exact) mass is 274 g/mol. The van der Waals surface area contributed by atoms with E-state index < -0.39 is 0 Å². The summed E-state index contributed by atoms with van der Waals surface area (Å²) < 4.78 is 0. The number of benzene rings is 2. The third-order valence-corrected chi connectivity index (χ3v) is 5.64. The molecule has 2 aromatic rings. The van der Waals surface area contributed by atoms with Gasteiger partial charge >= 0.3 is 0 Å². The predicted octanol–water partition coefficient (Wildman–Crippen LogP) is 3.89. The summed E-state index contributed by atoms with van der Waals surface area (Å²) in [4.78, 5) is 0. The highest BCUT2D eigenvalue weighted by molar-refractivity contribution is 7.48. The van der Waals surface area contributed by atoms with Crippen molar-refractivity contribution in [3.8, 4) is 11.5 Å². The molecule has 1 fully saturated rings. The molecule has 0 aliphatic heterocycles. The average molecular weight is 274 g/mol. The van der Waals surface area contributed by atoms with Crippen molar-refractivity contribution in [1.82, 2.24) is 0 Å². The molecule has 0 heterocycles. The van der Waals surface area contributed by atoms with Gasteiger partial charge in [-0.1, -0.05) is 52.1 Å². The SMILES string of the molecule is Oc1cc(PC2CCCCC2)c(O)c2ccccc12. The van der Waals surface area contributed by atoms with Crippen molar-refractivity contribution in [2.24, 2.45) is 0 Å². The highest BCUT2D eigenvalue weighted by Gasteiger charge is 2.17. The highest BCUT2D eigenvalue weighted by atomic mass is 31.1. The van der Waals surface area contributed by atoms with Gasteiger partial charge in [0.25, 0.3) is 0 Å². The molecule has 19 heavy (non-hydrogen) atoms. The van der Waals surface area contributed by atoms with Gasteiger partial charge in [-0.05, 0) is 24.6 Å². The summed E-state index contributed by atoms with van der Waals surface area (Å²) in [7, 11) is 0.602. The molecule has 1 unspecified atom stereocenters. The van der Waals surface area contributed by atoms with Crippen LogP contribution in [0.2, 0.25) is 0 Å². The largest absolute Gasteiger partial charge is 0.507 e. The first-order chi connectivity index (χ1) is 9.25. The Morgan fingerprint density at radius 2 is 1.63 bits per heavy atom. The quantitative estimate of drug-likeness (QED) is 0.644. The molecule has 2 nitrogen and oxygen atoms in total. The smallest absolute Gasteiger partial charge is 0.131 e. The summed E-state index contributed by atoms with van der Waals surface area (Å²) >= 11 is 0. The summed E-state index contributed by atoms with van der Waals surface area (Å²) in [6, 6.07) is 9.25. The number of phenolic OH excluding ortho intramolecular Hbond substituents is 2. The van der Waals surface area contributed by atoms with Crippen molar-refractivity contribution in [1.29, 1.82) is 0 Å². The van der Waals surface area contributed by atoms with Gasteiger partial charge in [0.2, 0.25) is 0 Å². The van der Waals surface area contributed by atoms with Crippen LogP contribution in [0.5, 0.6) is 11.5 Å². The normalized spacial score (nSPS) is 17.5. The van der Waals surface area contributed by atoms with Crippen molar-refractivity contribution in [3.63, 3.8) is 0 Å². The van der Waals surface area contributed by atoms with Crippen molar-refractivity contribution in [2.75, 3.05) is 0 Å². The number of phenols is 2. The van der Waals surface area contributed by atoms with Gasteiger partial charge in [0.1, 0.15) is 11.5 Å². The van der Waals surface area contributed by atoms with Crippen molar-refractivity contribution < 1.29 is 10.2 Å². The van der Waals surface area contributed by atoms with Gasteiger partial charge in [0.05, 0.1) is 0 Å². The molecule has 0 bridgehead atoms. The van der Waals surface area contributed by atoms with Gasteiger partial charge in [-0.15, -0.1) is 0 Å². The minimum atomic E-state index is 0.284. The molecule has 0 aromatic heterocycles. The molecule has 0 saturated heterocycles. The highest BCUT2D eigenvalue weighted by Crippen LogP contribution is 2.38. The topological polar surface area (TPSA) is 40.5 Å². The minimum Gasteiger partial charge on any atom is -0.507 e. The van der Waals surface area contributed by atoms with Crippen LogP contribution in [0.3, 0.4) is 0 Å². The Morgan fingerprint density at radius 3 is 2.37 bits per heavy atom. The molecule has 1 saturated carbocycles. The van der Waals surface area contributed by atoms with E-state index in [1.807, 2.05) is 24.3 Å². The molecular weight excluding hydrogens is 255 g/mol. The lowest BCUT2D eigenvalue weighted by molar-refractivity contribution is 0.472. The fourth-order valence-corrected chi connectivity index (χ4v) is 4.55. The number of hydrogen-bond acceptors (Lipinski definition) is 2. The summed E-state index contributed by atoms with van der Waals surface area (Å²) in [5.41, 5.74) is 0.681. The first-order valence-electron chi connectivity index (χ1n) is 6.96. The van der Waals surface area contributed by atoms with Gasteiger partial charge < -0.3 is 10.2 Å². The average Bonchev–Trinajstić information content (AvgIpc) is 2.46. The van der Waals surface area contributed by atoms with Crippen LogP contribution in [-0.2, 0) is 0 Å². The number of hydrogen-bond donors (Lipinski definition) is 2. The van der Waals surface area contributed by atoms with E-state index >= 15 is 0 Å². The van der Waals surface area contributed by atoms with Crippen LogP contribution in [0.4, 0.5) is 0 Å². The predicted molar refractivity (Wildman–Crippen MR) is 82.1 cm³/mol. The first kappa shape index (κ1) is 12.7. The maximum Gasteiger partial charge on any atom is 0.131 e. The number of rotatable bonds is 2. The zero-order valence-electron chi connectivity index (χ0n) is 10.9. The fraction of sp³-hybridized carbons (Fsp3) is 0.375. The Balaban J connectivity index is 1.97. The van der Waals surface area contributed by atoms with Gasteiger partial charge in [-0.3, -0.25) is 0 Å². The zero-order chi connectivity index (χ0) is 13.2. The van der Waals surface area contributed by atoms with Crippen LogP contribution in [0.15, 0.2) is 30.3 Å². The van der Waals surface area contributed by atoms with E-state index in [1.54, 1.807) is 6.07 Å². The van der Waals surface area contributed by atoms with Crippen molar-refractivity contribution >= 4 is 24.7 Å². The van der Waals surface area contributed by atoms with E-state index in [0.29, 0.717) is 20.0 Å². The van der Waals surface area contributed by atoms with E-state index in [0.717, 1.165) is 16.1 Å².